The fraction of sp³-hybridized carbons (Fsp3) is 0.765. The second kappa shape index (κ2) is 10.1. The van der Waals surface area contributed by atoms with Gasteiger partial charge in [-0.3, -0.25) is 0 Å². The molecule has 0 saturated heterocycles. The molecule has 20 heavy (non-hydrogen) atoms. The summed E-state index contributed by atoms with van der Waals surface area (Å²) in [6.07, 6.45) is 18.2. The van der Waals surface area contributed by atoms with Crippen LogP contribution in [0.4, 0.5) is 0 Å². The van der Waals surface area contributed by atoms with Crippen molar-refractivity contribution in [2.45, 2.75) is 76.4 Å². The van der Waals surface area contributed by atoms with Gasteiger partial charge in [0, 0.05) is 18.1 Å². The molecule has 0 spiro atoms. The fourth-order valence-corrected chi connectivity index (χ4v) is 2.61. The maximum Gasteiger partial charge on any atom is 0.0378 e. The van der Waals surface area contributed by atoms with Crippen molar-refractivity contribution in [3.63, 3.8) is 0 Å². The lowest BCUT2D eigenvalue weighted by molar-refractivity contribution is 0.405. The minimum absolute atomic E-state index is 0.0836. The third-order valence-electron chi connectivity index (χ3n) is 4.36. The first-order chi connectivity index (χ1) is 9.61. The van der Waals surface area contributed by atoms with Crippen molar-refractivity contribution < 1.29 is 0 Å². The Morgan fingerprint density at radius 2 is 1.45 bits per heavy atom. The van der Waals surface area contributed by atoms with Gasteiger partial charge in [0.05, 0.1) is 0 Å². The molecule has 3 heteroatoms. The average Bonchev–Trinajstić information content (AvgIpc) is 2.42. The van der Waals surface area contributed by atoms with Crippen molar-refractivity contribution >= 4 is 0 Å². The molecule has 3 nitrogen and oxygen atoms in total. The lowest BCUT2D eigenvalue weighted by Gasteiger charge is -2.19. The van der Waals surface area contributed by atoms with E-state index in [1.54, 1.807) is 0 Å². The van der Waals surface area contributed by atoms with Gasteiger partial charge in [-0.2, -0.15) is 0 Å². The van der Waals surface area contributed by atoms with Crippen molar-refractivity contribution in [1.82, 2.24) is 0 Å². The first-order valence-corrected chi connectivity index (χ1v) is 8.19. The number of hydrogen-bond acceptors (Lipinski definition) is 3. The molecule has 116 valence electrons. The molecule has 0 amide bonds. The lowest BCUT2D eigenvalue weighted by Crippen LogP contribution is -2.40. The van der Waals surface area contributed by atoms with Gasteiger partial charge in [-0.15, -0.1) is 0 Å². The molecule has 0 unspecified atom stereocenters. The Kier molecular flexibility index (Phi) is 8.83. The molecule has 0 heterocycles. The molecule has 0 radical (unpaired) electrons. The van der Waals surface area contributed by atoms with Crippen LogP contribution in [0.2, 0.25) is 0 Å². The molecule has 2 rings (SSSR count). The molecule has 4 atom stereocenters. The summed E-state index contributed by atoms with van der Waals surface area (Å²) >= 11 is 0. The zero-order valence-electron chi connectivity index (χ0n) is 13.0. The number of allylic oxidation sites excluding steroid dienone is 3. The molecule has 0 saturated carbocycles. The molecular formula is C17H33N3. The summed E-state index contributed by atoms with van der Waals surface area (Å²) in [5.41, 5.74) is 17.4. The van der Waals surface area contributed by atoms with E-state index in [1.807, 2.05) is 6.08 Å². The Bertz CT molecular complexity index is 285. The molecule has 0 bridgehead atoms. The lowest BCUT2D eigenvalue weighted by atomic mass is 9.92. The Hall–Kier alpha value is -0.640. The van der Waals surface area contributed by atoms with Gasteiger partial charge in [0.1, 0.15) is 0 Å². The first kappa shape index (κ1) is 17.4. The predicted octanol–water partition coefficient (Wildman–Crippen LogP) is 2.85. The highest BCUT2D eigenvalue weighted by atomic mass is 14.8. The van der Waals surface area contributed by atoms with E-state index in [2.05, 4.69) is 25.2 Å². The standard InChI is InChI=1S/C9H17N.C8H16N2/c1-8-6-4-2-3-5-7-9(8)10;9-7-5-3-1-2-4-6-8(7)10/h2-3,8-9H,4-7,10H2,1H3;3,5,7-8H,1-2,4,6,9-10H2/b3-2+;5-3+/t8-,9+;7-,8-/m01/s1. The maximum absolute atomic E-state index is 5.91. The summed E-state index contributed by atoms with van der Waals surface area (Å²) in [5, 5.41) is 0. The van der Waals surface area contributed by atoms with E-state index in [1.165, 1.54) is 38.5 Å². The molecular weight excluding hydrogens is 246 g/mol. The van der Waals surface area contributed by atoms with Crippen molar-refractivity contribution in [3.05, 3.63) is 24.3 Å². The second-order valence-electron chi connectivity index (χ2n) is 6.22. The zero-order chi connectivity index (χ0) is 14.8. The van der Waals surface area contributed by atoms with Gasteiger partial charge < -0.3 is 17.2 Å². The van der Waals surface area contributed by atoms with Crippen LogP contribution in [-0.4, -0.2) is 18.1 Å². The van der Waals surface area contributed by atoms with Crippen LogP contribution in [0.5, 0.6) is 0 Å². The van der Waals surface area contributed by atoms with Gasteiger partial charge in [-0.25, -0.2) is 0 Å². The third-order valence-corrected chi connectivity index (χ3v) is 4.36. The van der Waals surface area contributed by atoms with Gasteiger partial charge in [0.15, 0.2) is 0 Å². The van der Waals surface area contributed by atoms with Crippen molar-refractivity contribution in [1.29, 1.82) is 0 Å². The summed E-state index contributed by atoms with van der Waals surface area (Å²) in [6.45, 7) is 2.25. The van der Waals surface area contributed by atoms with Crippen LogP contribution < -0.4 is 17.2 Å². The topological polar surface area (TPSA) is 78.1 Å². The van der Waals surface area contributed by atoms with Crippen LogP contribution in [0, 0.1) is 5.92 Å². The molecule has 6 N–H and O–H groups in total. The smallest absolute Gasteiger partial charge is 0.0378 e. The van der Waals surface area contributed by atoms with Crippen LogP contribution in [0.3, 0.4) is 0 Å². The summed E-state index contributed by atoms with van der Waals surface area (Å²) in [4.78, 5) is 0. The summed E-state index contributed by atoms with van der Waals surface area (Å²) in [7, 11) is 0. The van der Waals surface area contributed by atoms with E-state index in [9.17, 15) is 0 Å². The normalized spacial score (nSPS) is 38.2. The van der Waals surface area contributed by atoms with Gasteiger partial charge in [-0.1, -0.05) is 37.6 Å². The Morgan fingerprint density at radius 1 is 0.750 bits per heavy atom. The average molecular weight is 279 g/mol. The Labute approximate surface area is 124 Å². The number of nitrogens with two attached hydrogens (primary N) is 3. The molecule has 0 aliphatic heterocycles. The van der Waals surface area contributed by atoms with Crippen LogP contribution >= 0.6 is 0 Å². The minimum atomic E-state index is 0.0836. The monoisotopic (exact) mass is 279 g/mol. The van der Waals surface area contributed by atoms with Crippen LogP contribution in [0.1, 0.15) is 58.3 Å². The molecule has 0 fully saturated rings. The second-order valence-corrected chi connectivity index (χ2v) is 6.22. The van der Waals surface area contributed by atoms with Gasteiger partial charge in [0.2, 0.25) is 0 Å². The van der Waals surface area contributed by atoms with Crippen molar-refractivity contribution in [2.75, 3.05) is 0 Å². The van der Waals surface area contributed by atoms with Crippen molar-refractivity contribution in [2.24, 2.45) is 23.1 Å². The van der Waals surface area contributed by atoms with E-state index in [0.717, 1.165) is 12.8 Å². The van der Waals surface area contributed by atoms with Gasteiger partial charge in [-0.05, 0) is 50.9 Å². The number of rotatable bonds is 0. The SMILES string of the molecule is C[C@H]1CC/C=C/CC[C@H]1N.N[C@@H]1/C=C/CCCC[C@H]1N. The third kappa shape index (κ3) is 7.22. The highest BCUT2D eigenvalue weighted by molar-refractivity contribution is 4.98. The molecule has 2 aliphatic rings. The summed E-state index contributed by atoms with van der Waals surface area (Å²) in [5.74, 6) is 0.713. The summed E-state index contributed by atoms with van der Waals surface area (Å²) < 4.78 is 0. The molecule has 2 aliphatic carbocycles. The molecule has 0 aromatic carbocycles. The maximum atomic E-state index is 5.91. The van der Waals surface area contributed by atoms with Crippen LogP contribution in [0.25, 0.3) is 0 Å². The quantitative estimate of drug-likeness (QED) is 0.597. The highest BCUT2D eigenvalue weighted by Gasteiger charge is 2.12. The van der Waals surface area contributed by atoms with Crippen molar-refractivity contribution in [3.8, 4) is 0 Å². The van der Waals surface area contributed by atoms with E-state index >= 15 is 0 Å². The van der Waals surface area contributed by atoms with Crippen LogP contribution in [-0.2, 0) is 0 Å². The zero-order valence-corrected chi connectivity index (χ0v) is 13.0. The molecule has 0 aromatic rings. The van der Waals surface area contributed by atoms with E-state index in [4.69, 9.17) is 17.2 Å². The fourth-order valence-electron chi connectivity index (χ4n) is 2.61. The van der Waals surface area contributed by atoms with Gasteiger partial charge in [0.25, 0.3) is 0 Å². The summed E-state index contributed by atoms with van der Waals surface area (Å²) in [6, 6.07) is 0.696. The van der Waals surface area contributed by atoms with Gasteiger partial charge >= 0.3 is 0 Å². The first-order valence-electron chi connectivity index (χ1n) is 8.19. The van der Waals surface area contributed by atoms with E-state index in [-0.39, 0.29) is 12.1 Å². The van der Waals surface area contributed by atoms with Crippen LogP contribution in [0.15, 0.2) is 24.3 Å². The number of hydrogen-bond donors (Lipinski definition) is 3. The minimum Gasteiger partial charge on any atom is -0.327 e. The Morgan fingerprint density at radius 3 is 2.20 bits per heavy atom. The largest absolute Gasteiger partial charge is 0.327 e. The van der Waals surface area contributed by atoms with E-state index < -0.39 is 0 Å². The highest BCUT2D eigenvalue weighted by Crippen LogP contribution is 2.16. The Balaban J connectivity index is 0.000000200. The van der Waals surface area contributed by atoms with E-state index in [0.29, 0.717) is 12.0 Å². The predicted molar refractivity (Wildman–Crippen MR) is 88.3 cm³/mol. The molecule has 0 aromatic heterocycles.